The number of aromatic nitrogens is 2. The van der Waals surface area contributed by atoms with Gasteiger partial charge in [0.2, 0.25) is 0 Å². The Labute approximate surface area is 304 Å². The van der Waals surface area contributed by atoms with Crippen LogP contribution in [0.5, 0.6) is 0 Å². The van der Waals surface area contributed by atoms with Crippen molar-refractivity contribution in [1.29, 1.82) is 0 Å². The van der Waals surface area contributed by atoms with Crippen LogP contribution in [0.25, 0.3) is 0 Å². The third kappa shape index (κ3) is 27.0. The van der Waals surface area contributed by atoms with Gasteiger partial charge in [-0.25, -0.2) is 9.55 Å². The number of hydrogen-bond donors (Lipinski definition) is 1. The summed E-state index contributed by atoms with van der Waals surface area (Å²) in [4.78, 5) is 3.77. The van der Waals surface area contributed by atoms with Crippen molar-refractivity contribution in [2.24, 2.45) is 0 Å². The predicted octanol–water partition coefficient (Wildman–Crippen LogP) is 16.4. The summed E-state index contributed by atoms with van der Waals surface area (Å²) >= 11 is 0. The fourth-order valence-electron chi connectivity index (χ4n) is 8.02. The monoisotopic (exact) mass is 672 g/mol. The first-order valence-corrected chi connectivity index (χ1v) is 22.8. The topological polar surface area (TPSA) is 19.7 Å². The van der Waals surface area contributed by atoms with Crippen molar-refractivity contribution in [2.45, 2.75) is 277 Å². The lowest BCUT2D eigenvalue weighted by Gasteiger charge is -2.17. The minimum Gasteiger partial charge on any atom is -0.247 e. The first-order chi connectivity index (χ1) is 23.7. The van der Waals surface area contributed by atoms with Gasteiger partial charge in [0.05, 0.1) is 12.0 Å². The zero-order chi connectivity index (χ0) is 34.6. The molecule has 2 atom stereocenters. The normalized spacial score (nSPS) is 13.0. The molecule has 2 nitrogen and oxygen atoms in total. The molecule has 0 fully saturated rings. The number of imidazole rings is 1. The van der Waals surface area contributed by atoms with Gasteiger partial charge in [-0.15, -0.1) is 0 Å². The average Bonchev–Trinajstić information content (AvgIpc) is 3.59. The Morgan fingerprint density at radius 1 is 0.396 bits per heavy atom. The molecule has 1 aromatic rings. The van der Waals surface area contributed by atoms with Crippen LogP contribution in [-0.4, -0.2) is 4.98 Å². The van der Waals surface area contributed by atoms with Crippen molar-refractivity contribution >= 4 is 0 Å². The van der Waals surface area contributed by atoms with Crippen LogP contribution in [-0.2, 0) is 0 Å². The molecule has 284 valence electrons. The van der Waals surface area contributed by atoms with E-state index in [4.69, 9.17) is 0 Å². The van der Waals surface area contributed by atoms with Crippen LogP contribution in [0.4, 0.5) is 0 Å². The Balaban J connectivity index is 2.37. The lowest BCUT2D eigenvalue weighted by molar-refractivity contribution is -0.727. The minimum absolute atomic E-state index is 0.618. The smallest absolute Gasteiger partial charge is 0.247 e. The molecule has 0 saturated carbocycles. The van der Waals surface area contributed by atoms with Crippen LogP contribution in [0, 0.1) is 0 Å². The van der Waals surface area contributed by atoms with Crippen molar-refractivity contribution < 1.29 is 4.57 Å². The Morgan fingerprint density at radius 2 is 0.667 bits per heavy atom. The SMILES string of the molecule is CCCCCCCCCCCCCCCCCC(CCCCCCCCCCCCC)c1[nH]cc[n+]1C(C)CCCCCCCCCC. The number of hydrogen-bond acceptors (Lipinski definition) is 0. The van der Waals surface area contributed by atoms with Crippen LogP contribution in [0.15, 0.2) is 12.4 Å². The van der Waals surface area contributed by atoms with Crippen LogP contribution in [0.1, 0.15) is 283 Å². The van der Waals surface area contributed by atoms with Crippen molar-refractivity contribution in [3.8, 4) is 0 Å². The van der Waals surface area contributed by atoms with Crippen LogP contribution in [0.3, 0.4) is 0 Å². The van der Waals surface area contributed by atoms with E-state index in [0.717, 1.165) is 0 Å². The summed E-state index contributed by atoms with van der Waals surface area (Å²) in [6, 6.07) is 0.618. The van der Waals surface area contributed by atoms with Crippen LogP contribution >= 0.6 is 0 Å². The number of nitrogens with one attached hydrogen (secondary N) is 1. The summed E-state index contributed by atoms with van der Waals surface area (Å²) in [5.74, 6) is 2.25. The highest BCUT2D eigenvalue weighted by Gasteiger charge is 2.25. The highest BCUT2D eigenvalue weighted by Crippen LogP contribution is 2.27. The van der Waals surface area contributed by atoms with Gasteiger partial charge in [-0.05, 0) is 32.6 Å². The molecule has 1 heterocycles. The Morgan fingerprint density at radius 3 is 0.979 bits per heavy atom. The van der Waals surface area contributed by atoms with Gasteiger partial charge in [0.1, 0.15) is 12.4 Å². The maximum absolute atomic E-state index is 3.77. The number of H-pyrrole nitrogens is 1. The van der Waals surface area contributed by atoms with E-state index in [1.807, 2.05) is 0 Å². The zero-order valence-corrected chi connectivity index (χ0v) is 33.9. The Bertz CT molecular complexity index is 738. The van der Waals surface area contributed by atoms with Crippen molar-refractivity contribution in [3.05, 3.63) is 18.2 Å². The van der Waals surface area contributed by atoms with Crippen molar-refractivity contribution in [2.75, 3.05) is 0 Å². The van der Waals surface area contributed by atoms with E-state index in [2.05, 4.69) is 49.6 Å². The fraction of sp³-hybridized carbons (Fsp3) is 0.935. The number of rotatable bonds is 39. The van der Waals surface area contributed by atoms with Gasteiger partial charge in [-0.2, -0.15) is 0 Å². The number of aromatic amines is 1. The lowest BCUT2D eigenvalue weighted by Crippen LogP contribution is -2.41. The molecule has 48 heavy (non-hydrogen) atoms. The molecule has 1 aromatic heterocycles. The lowest BCUT2D eigenvalue weighted by atomic mass is 9.92. The molecule has 0 aliphatic heterocycles. The highest BCUT2D eigenvalue weighted by atomic mass is 15.1. The van der Waals surface area contributed by atoms with E-state index in [9.17, 15) is 0 Å². The maximum atomic E-state index is 3.77. The molecule has 2 heteroatoms. The molecular weight excluding hydrogens is 581 g/mol. The molecule has 1 rings (SSSR count). The van der Waals surface area contributed by atoms with Gasteiger partial charge in [-0.3, -0.25) is 0 Å². The average molecular weight is 672 g/mol. The second-order valence-corrected chi connectivity index (χ2v) is 16.1. The highest BCUT2D eigenvalue weighted by molar-refractivity contribution is 4.90. The molecule has 0 radical (unpaired) electrons. The molecule has 0 bridgehead atoms. The third-order valence-corrected chi connectivity index (χ3v) is 11.4. The van der Waals surface area contributed by atoms with Gasteiger partial charge < -0.3 is 0 Å². The van der Waals surface area contributed by atoms with Crippen molar-refractivity contribution in [1.82, 2.24) is 4.98 Å². The largest absolute Gasteiger partial charge is 0.257 e. The van der Waals surface area contributed by atoms with E-state index < -0.39 is 0 Å². The second-order valence-electron chi connectivity index (χ2n) is 16.1. The van der Waals surface area contributed by atoms with E-state index in [-0.39, 0.29) is 0 Å². The summed E-state index contributed by atoms with van der Waals surface area (Å²) in [6.45, 7) is 9.43. The molecule has 0 saturated heterocycles. The molecule has 0 amide bonds. The summed E-state index contributed by atoms with van der Waals surface area (Å²) < 4.78 is 2.65. The molecule has 0 aliphatic carbocycles. The fourth-order valence-corrected chi connectivity index (χ4v) is 8.02. The van der Waals surface area contributed by atoms with E-state index in [1.165, 1.54) is 238 Å². The predicted molar refractivity (Wildman–Crippen MR) is 216 cm³/mol. The molecule has 2 unspecified atom stereocenters. The van der Waals surface area contributed by atoms with Gasteiger partial charge in [0, 0.05) is 0 Å². The van der Waals surface area contributed by atoms with E-state index in [0.29, 0.717) is 12.0 Å². The van der Waals surface area contributed by atoms with Gasteiger partial charge in [0.15, 0.2) is 0 Å². The molecule has 0 spiro atoms. The summed E-state index contributed by atoms with van der Waals surface area (Å²) in [5.41, 5.74) is 0. The maximum Gasteiger partial charge on any atom is 0.257 e. The minimum atomic E-state index is 0.618. The standard InChI is InChI=1S/C46H90N2/c1-5-8-11-14-17-20-22-23-24-25-27-29-32-35-38-41-45(40-37-34-31-28-26-21-18-15-12-9-6-2)46-47-42-43-48(46)44(4)39-36-33-30-19-16-13-10-7-3/h42-45H,5-41H2,1-4H3/p+1. The number of unbranched alkanes of at least 4 members (excludes halogenated alkanes) is 31. The van der Waals surface area contributed by atoms with Crippen LogP contribution in [0.2, 0.25) is 0 Å². The van der Waals surface area contributed by atoms with Crippen LogP contribution < -0.4 is 4.57 Å². The molecule has 1 N–H and O–H groups in total. The number of nitrogens with zero attached hydrogens (tertiary/aromatic N) is 1. The molecule has 0 aromatic carbocycles. The van der Waals surface area contributed by atoms with Gasteiger partial charge in [-0.1, -0.05) is 233 Å². The van der Waals surface area contributed by atoms with Gasteiger partial charge in [0.25, 0.3) is 5.82 Å². The van der Waals surface area contributed by atoms with Gasteiger partial charge >= 0.3 is 0 Å². The van der Waals surface area contributed by atoms with E-state index in [1.54, 1.807) is 5.82 Å². The first kappa shape index (κ1) is 45.2. The third-order valence-electron chi connectivity index (χ3n) is 11.4. The van der Waals surface area contributed by atoms with Crippen molar-refractivity contribution in [3.63, 3.8) is 0 Å². The Kier molecular flexibility index (Phi) is 33.9. The summed E-state index contributed by atoms with van der Waals surface area (Å²) in [6.07, 6.45) is 57.6. The second kappa shape index (κ2) is 36.0. The summed E-state index contributed by atoms with van der Waals surface area (Å²) in [5, 5.41) is 0. The summed E-state index contributed by atoms with van der Waals surface area (Å²) in [7, 11) is 0. The van der Waals surface area contributed by atoms with E-state index >= 15 is 0 Å². The Hall–Kier alpha value is -0.790. The molecule has 0 aliphatic rings. The quantitative estimate of drug-likeness (QED) is 0.0531. The first-order valence-electron chi connectivity index (χ1n) is 22.8. The zero-order valence-electron chi connectivity index (χ0n) is 33.9. The molecular formula is C46H91N2+.